The van der Waals surface area contributed by atoms with Crippen molar-refractivity contribution in [2.24, 2.45) is 5.10 Å². The molecule has 1 unspecified atom stereocenters. The molecule has 1 fully saturated rings. The number of ether oxygens (including phenoxy) is 1. The first kappa shape index (κ1) is 19.2. The van der Waals surface area contributed by atoms with Crippen LogP contribution in [0, 0.1) is 6.92 Å². The van der Waals surface area contributed by atoms with Crippen molar-refractivity contribution in [2.75, 3.05) is 19.6 Å². The van der Waals surface area contributed by atoms with Crippen LogP contribution in [0.3, 0.4) is 0 Å². The first-order valence-corrected chi connectivity index (χ1v) is 11.1. The Labute approximate surface area is 182 Å². The van der Waals surface area contributed by atoms with Gasteiger partial charge in [0, 0.05) is 48.5 Å². The van der Waals surface area contributed by atoms with Crippen LogP contribution in [0.4, 0.5) is 0 Å². The second-order valence-corrected chi connectivity index (χ2v) is 9.10. The van der Waals surface area contributed by atoms with Gasteiger partial charge in [-0.1, -0.05) is 53.9 Å². The van der Waals surface area contributed by atoms with Gasteiger partial charge in [0.1, 0.15) is 5.75 Å². The van der Waals surface area contributed by atoms with Crippen molar-refractivity contribution in [3.05, 3.63) is 63.1 Å². The summed E-state index contributed by atoms with van der Waals surface area (Å²) >= 11 is 12.6. The maximum atomic E-state index is 6.69. The van der Waals surface area contributed by atoms with Crippen LogP contribution < -0.4 is 4.74 Å². The van der Waals surface area contributed by atoms with Gasteiger partial charge in [0.2, 0.25) is 5.72 Å². The number of hydrazone groups is 1. The number of nitrogens with zero attached hydrogens (tertiary/aromatic N) is 3. The molecule has 0 bridgehead atoms. The Morgan fingerprint density at radius 1 is 1.14 bits per heavy atom. The third kappa shape index (κ3) is 3.22. The molecule has 29 heavy (non-hydrogen) atoms. The van der Waals surface area contributed by atoms with Crippen molar-refractivity contribution < 1.29 is 4.74 Å². The van der Waals surface area contributed by atoms with E-state index in [1.165, 1.54) is 11.1 Å². The molecule has 3 aliphatic heterocycles. The van der Waals surface area contributed by atoms with Crippen LogP contribution in [-0.2, 0) is 0 Å². The second-order valence-electron chi connectivity index (χ2n) is 8.26. The SMILES string of the molecule is CCN1CCC2(CC1)Oc1ccc(C)cc1C1CC(c3ccc(Cl)cc3Cl)=NN12. The zero-order valence-electron chi connectivity index (χ0n) is 16.8. The lowest BCUT2D eigenvalue weighted by molar-refractivity contribution is -0.149. The third-order valence-electron chi connectivity index (χ3n) is 6.48. The first-order valence-electron chi connectivity index (χ1n) is 10.3. The fourth-order valence-electron chi connectivity index (χ4n) is 4.84. The minimum atomic E-state index is -0.390. The Hall–Kier alpha value is -1.75. The topological polar surface area (TPSA) is 28.1 Å². The number of piperidine rings is 1. The summed E-state index contributed by atoms with van der Waals surface area (Å²) in [7, 11) is 0. The maximum absolute atomic E-state index is 6.69. The van der Waals surface area contributed by atoms with E-state index >= 15 is 0 Å². The lowest BCUT2D eigenvalue weighted by Crippen LogP contribution is -2.59. The molecule has 6 heteroatoms. The van der Waals surface area contributed by atoms with Gasteiger partial charge in [-0.05, 0) is 31.7 Å². The molecule has 0 amide bonds. The molecule has 5 rings (SSSR count). The average Bonchev–Trinajstić information content (AvgIpc) is 3.16. The molecule has 0 saturated carbocycles. The molecule has 1 saturated heterocycles. The smallest absolute Gasteiger partial charge is 0.200 e. The summed E-state index contributed by atoms with van der Waals surface area (Å²) in [4.78, 5) is 2.48. The van der Waals surface area contributed by atoms with Crippen LogP contribution in [0.25, 0.3) is 0 Å². The summed E-state index contributed by atoms with van der Waals surface area (Å²) in [6, 6.07) is 12.3. The predicted molar refractivity (Wildman–Crippen MR) is 118 cm³/mol. The Morgan fingerprint density at radius 3 is 2.66 bits per heavy atom. The molecule has 2 aromatic carbocycles. The molecular weight excluding hydrogens is 405 g/mol. The summed E-state index contributed by atoms with van der Waals surface area (Å²) in [5.74, 6) is 1.00. The lowest BCUT2D eigenvalue weighted by Gasteiger charge is -2.51. The molecule has 3 heterocycles. The number of hydrogen-bond donors (Lipinski definition) is 0. The second kappa shape index (κ2) is 7.19. The molecule has 4 nitrogen and oxygen atoms in total. The number of benzene rings is 2. The molecular formula is C23H25Cl2N3O. The van der Waals surface area contributed by atoms with Crippen molar-refractivity contribution in [2.45, 2.75) is 44.9 Å². The fourth-order valence-corrected chi connectivity index (χ4v) is 5.35. The van der Waals surface area contributed by atoms with Gasteiger partial charge in [0.25, 0.3) is 0 Å². The van der Waals surface area contributed by atoms with Gasteiger partial charge < -0.3 is 9.64 Å². The summed E-state index contributed by atoms with van der Waals surface area (Å²) in [5, 5.41) is 8.64. The minimum Gasteiger partial charge on any atom is -0.466 e. The summed E-state index contributed by atoms with van der Waals surface area (Å²) in [6.07, 6.45) is 2.70. The fraction of sp³-hybridized carbons (Fsp3) is 0.435. The average molecular weight is 430 g/mol. The number of rotatable bonds is 2. The molecule has 0 aromatic heterocycles. The molecule has 1 atom stereocenters. The van der Waals surface area contributed by atoms with Crippen LogP contribution in [0.5, 0.6) is 5.75 Å². The standard InChI is InChI=1S/C23H25Cl2N3O/c1-3-27-10-8-23(9-11-27)28-21(18-12-15(2)4-7-22(18)29-23)14-20(26-28)17-6-5-16(24)13-19(17)25/h4-7,12-13,21H,3,8-11,14H2,1-2H3. The highest BCUT2D eigenvalue weighted by Crippen LogP contribution is 2.50. The number of hydrogen-bond acceptors (Lipinski definition) is 4. The van der Waals surface area contributed by atoms with Crippen LogP contribution >= 0.6 is 23.2 Å². The van der Waals surface area contributed by atoms with Crippen molar-refractivity contribution in [1.29, 1.82) is 0 Å². The van der Waals surface area contributed by atoms with E-state index in [4.69, 9.17) is 33.0 Å². The zero-order chi connectivity index (χ0) is 20.2. The van der Waals surface area contributed by atoms with Crippen LogP contribution in [0.2, 0.25) is 10.0 Å². The van der Waals surface area contributed by atoms with Gasteiger partial charge in [0.05, 0.1) is 16.8 Å². The summed E-state index contributed by atoms with van der Waals surface area (Å²) < 4.78 is 6.69. The molecule has 1 spiro atoms. The first-order chi connectivity index (χ1) is 14.0. The highest BCUT2D eigenvalue weighted by atomic mass is 35.5. The van der Waals surface area contributed by atoms with Crippen LogP contribution in [0.15, 0.2) is 41.5 Å². The minimum absolute atomic E-state index is 0.175. The van der Waals surface area contributed by atoms with Gasteiger partial charge in [-0.15, -0.1) is 0 Å². The van der Waals surface area contributed by atoms with E-state index in [0.29, 0.717) is 10.0 Å². The summed E-state index contributed by atoms with van der Waals surface area (Å²) in [5.41, 5.74) is 4.03. The van der Waals surface area contributed by atoms with E-state index in [1.807, 2.05) is 12.1 Å². The summed E-state index contributed by atoms with van der Waals surface area (Å²) in [6.45, 7) is 7.46. The van der Waals surface area contributed by atoms with Crippen LogP contribution in [0.1, 0.15) is 48.9 Å². The van der Waals surface area contributed by atoms with Crippen LogP contribution in [-0.4, -0.2) is 41.0 Å². The highest BCUT2D eigenvalue weighted by molar-refractivity contribution is 6.37. The quantitative estimate of drug-likeness (QED) is 0.616. The normalized spacial score (nSPS) is 22.8. The number of halogens is 2. The maximum Gasteiger partial charge on any atom is 0.200 e. The Kier molecular flexibility index (Phi) is 4.77. The van der Waals surface area contributed by atoms with E-state index in [0.717, 1.165) is 55.9 Å². The van der Waals surface area contributed by atoms with E-state index in [9.17, 15) is 0 Å². The monoisotopic (exact) mass is 429 g/mol. The van der Waals surface area contributed by atoms with E-state index in [1.54, 1.807) is 6.07 Å². The zero-order valence-corrected chi connectivity index (χ0v) is 18.3. The van der Waals surface area contributed by atoms with Gasteiger partial charge >= 0.3 is 0 Å². The number of likely N-dealkylation sites (tertiary alicyclic amines) is 1. The van der Waals surface area contributed by atoms with E-state index in [-0.39, 0.29) is 11.8 Å². The van der Waals surface area contributed by atoms with Gasteiger partial charge in [0.15, 0.2) is 0 Å². The van der Waals surface area contributed by atoms with Gasteiger partial charge in [-0.25, -0.2) is 5.01 Å². The Balaban J connectivity index is 1.58. The molecule has 152 valence electrons. The number of aryl methyl sites for hydroxylation is 1. The van der Waals surface area contributed by atoms with E-state index < -0.39 is 0 Å². The molecule has 2 aromatic rings. The molecule has 3 aliphatic rings. The largest absolute Gasteiger partial charge is 0.466 e. The predicted octanol–water partition coefficient (Wildman–Crippen LogP) is 5.66. The Bertz CT molecular complexity index is 982. The van der Waals surface area contributed by atoms with Gasteiger partial charge in [-0.2, -0.15) is 5.10 Å². The Morgan fingerprint density at radius 2 is 1.93 bits per heavy atom. The highest BCUT2D eigenvalue weighted by Gasteiger charge is 2.51. The van der Waals surface area contributed by atoms with Crippen molar-refractivity contribution in [3.63, 3.8) is 0 Å². The van der Waals surface area contributed by atoms with Crippen molar-refractivity contribution in [3.8, 4) is 5.75 Å². The van der Waals surface area contributed by atoms with Crippen molar-refractivity contribution in [1.82, 2.24) is 9.91 Å². The molecule has 0 N–H and O–H groups in total. The third-order valence-corrected chi connectivity index (χ3v) is 7.03. The van der Waals surface area contributed by atoms with E-state index in [2.05, 4.69) is 42.0 Å². The molecule has 0 aliphatic carbocycles. The number of fused-ring (bicyclic) bond motifs is 4. The lowest BCUT2D eigenvalue weighted by atomic mass is 9.90. The van der Waals surface area contributed by atoms with Gasteiger partial charge in [-0.3, -0.25) is 0 Å². The molecule has 0 radical (unpaired) electrons. The van der Waals surface area contributed by atoms with Crippen molar-refractivity contribution >= 4 is 28.9 Å².